The molecular formula is C10H20N2O2S. The lowest BCUT2D eigenvalue weighted by atomic mass is 9.94. The van der Waals surface area contributed by atoms with Gasteiger partial charge in [0.2, 0.25) is 10.0 Å². The highest BCUT2D eigenvalue weighted by molar-refractivity contribution is 7.89. The van der Waals surface area contributed by atoms with Crippen LogP contribution in [0.1, 0.15) is 26.2 Å². The third-order valence-corrected chi connectivity index (χ3v) is 5.54. The van der Waals surface area contributed by atoms with E-state index >= 15 is 0 Å². The number of nitrogens with one attached hydrogen (secondary N) is 1. The number of hydrogen-bond acceptors (Lipinski definition) is 3. The maximum atomic E-state index is 11.9. The predicted octanol–water partition coefficient (Wildman–Crippen LogP) is 0.410. The van der Waals surface area contributed by atoms with Gasteiger partial charge in [0, 0.05) is 19.1 Å². The van der Waals surface area contributed by atoms with Gasteiger partial charge in [-0.2, -0.15) is 0 Å². The SMILES string of the molecule is CCCS(=O)(=O)N1CC[C@H]2CCN[C@H]2C1. The van der Waals surface area contributed by atoms with Crippen LogP contribution in [0.4, 0.5) is 0 Å². The zero-order valence-corrected chi connectivity index (χ0v) is 10.1. The highest BCUT2D eigenvalue weighted by Crippen LogP contribution is 2.26. The van der Waals surface area contributed by atoms with E-state index < -0.39 is 10.0 Å². The summed E-state index contributed by atoms with van der Waals surface area (Å²) in [5.74, 6) is 1.00. The van der Waals surface area contributed by atoms with Gasteiger partial charge in [-0.15, -0.1) is 0 Å². The van der Waals surface area contributed by atoms with Crippen molar-refractivity contribution in [3.8, 4) is 0 Å². The van der Waals surface area contributed by atoms with E-state index in [2.05, 4.69) is 5.32 Å². The fourth-order valence-electron chi connectivity index (χ4n) is 2.64. The number of nitrogens with zero attached hydrogens (tertiary/aromatic N) is 1. The van der Waals surface area contributed by atoms with Gasteiger partial charge in [0.15, 0.2) is 0 Å². The first-order valence-corrected chi connectivity index (χ1v) is 7.45. The molecule has 2 heterocycles. The van der Waals surface area contributed by atoms with Crippen molar-refractivity contribution in [3.05, 3.63) is 0 Å². The minimum absolute atomic E-state index is 0.296. The molecule has 0 spiro atoms. The van der Waals surface area contributed by atoms with Crippen LogP contribution in [0.15, 0.2) is 0 Å². The molecule has 0 bridgehead atoms. The summed E-state index contributed by atoms with van der Waals surface area (Å²) >= 11 is 0. The Bertz CT molecular complexity index is 315. The molecule has 15 heavy (non-hydrogen) atoms. The topological polar surface area (TPSA) is 49.4 Å². The molecule has 2 rings (SSSR count). The number of rotatable bonds is 3. The second kappa shape index (κ2) is 4.39. The van der Waals surface area contributed by atoms with Crippen LogP contribution < -0.4 is 5.32 Å². The van der Waals surface area contributed by atoms with Crippen molar-refractivity contribution >= 4 is 10.0 Å². The van der Waals surface area contributed by atoms with Crippen LogP contribution in [-0.4, -0.2) is 44.2 Å². The smallest absolute Gasteiger partial charge is 0.214 e. The van der Waals surface area contributed by atoms with Crippen LogP contribution in [0, 0.1) is 5.92 Å². The third kappa shape index (κ3) is 2.34. The van der Waals surface area contributed by atoms with E-state index in [9.17, 15) is 8.42 Å². The number of sulfonamides is 1. The minimum atomic E-state index is -2.98. The van der Waals surface area contributed by atoms with Crippen molar-refractivity contribution in [3.63, 3.8) is 0 Å². The highest BCUT2D eigenvalue weighted by Gasteiger charge is 2.36. The van der Waals surface area contributed by atoms with E-state index in [0.29, 0.717) is 30.7 Å². The van der Waals surface area contributed by atoms with Crippen molar-refractivity contribution in [2.24, 2.45) is 5.92 Å². The zero-order chi connectivity index (χ0) is 10.9. The van der Waals surface area contributed by atoms with E-state index in [1.807, 2.05) is 6.92 Å². The van der Waals surface area contributed by atoms with Crippen LogP contribution in [0.5, 0.6) is 0 Å². The van der Waals surface area contributed by atoms with Gasteiger partial charge in [-0.05, 0) is 31.7 Å². The highest BCUT2D eigenvalue weighted by atomic mass is 32.2. The molecule has 2 aliphatic rings. The molecule has 2 aliphatic heterocycles. The lowest BCUT2D eigenvalue weighted by Gasteiger charge is -2.33. The van der Waals surface area contributed by atoms with Crippen LogP contribution in [-0.2, 0) is 10.0 Å². The molecule has 0 aromatic heterocycles. The van der Waals surface area contributed by atoms with Crippen molar-refractivity contribution in [2.45, 2.75) is 32.2 Å². The molecule has 2 fully saturated rings. The largest absolute Gasteiger partial charge is 0.312 e. The van der Waals surface area contributed by atoms with Crippen LogP contribution in [0.25, 0.3) is 0 Å². The molecule has 0 saturated carbocycles. The van der Waals surface area contributed by atoms with E-state index in [1.165, 1.54) is 6.42 Å². The second-order valence-corrected chi connectivity index (χ2v) is 6.66. The molecule has 2 atom stereocenters. The molecule has 5 heteroatoms. The number of piperidine rings is 1. The molecule has 0 unspecified atom stereocenters. The first-order chi connectivity index (χ1) is 7.13. The monoisotopic (exact) mass is 232 g/mol. The Morgan fingerprint density at radius 1 is 1.40 bits per heavy atom. The molecule has 0 radical (unpaired) electrons. The summed E-state index contributed by atoms with van der Waals surface area (Å²) in [4.78, 5) is 0. The second-order valence-electron chi connectivity index (χ2n) is 4.57. The van der Waals surface area contributed by atoms with Crippen molar-refractivity contribution < 1.29 is 8.42 Å². The molecule has 0 amide bonds. The maximum Gasteiger partial charge on any atom is 0.214 e. The molecule has 0 aromatic carbocycles. The Hall–Kier alpha value is -0.130. The number of hydrogen-bond donors (Lipinski definition) is 1. The van der Waals surface area contributed by atoms with Gasteiger partial charge in [0.05, 0.1) is 5.75 Å². The maximum absolute atomic E-state index is 11.9. The van der Waals surface area contributed by atoms with Gasteiger partial charge in [-0.25, -0.2) is 12.7 Å². The summed E-state index contributed by atoms with van der Waals surface area (Å²) in [5.41, 5.74) is 0. The van der Waals surface area contributed by atoms with Crippen molar-refractivity contribution in [1.29, 1.82) is 0 Å². The quantitative estimate of drug-likeness (QED) is 0.767. The van der Waals surface area contributed by atoms with Crippen LogP contribution in [0.3, 0.4) is 0 Å². The summed E-state index contributed by atoms with van der Waals surface area (Å²) in [7, 11) is -2.98. The fourth-order valence-corrected chi connectivity index (χ4v) is 4.19. The van der Waals surface area contributed by atoms with Gasteiger partial charge < -0.3 is 5.32 Å². The van der Waals surface area contributed by atoms with E-state index in [4.69, 9.17) is 0 Å². The lowest BCUT2D eigenvalue weighted by Crippen LogP contribution is -2.49. The Labute approximate surface area is 92.1 Å². The molecule has 2 saturated heterocycles. The Morgan fingerprint density at radius 2 is 2.20 bits per heavy atom. The first-order valence-electron chi connectivity index (χ1n) is 5.84. The Balaban J connectivity index is 2.00. The summed E-state index contributed by atoms with van der Waals surface area (Å²) in [6, 6.07) is 0.408. The summed E-state index contributed by atoms with van der Waals surface area (Å²) in [6.45, 7) is 4.38. The molecule has 88 valence electrons. The first kappa shape index (κ1) is 11.4. The average Bonchev–Trinajstić information content (AvgIpc) is 2.63. The summed E-state index contributed by atoms with van der Waals surface area (Å²) < 4.78 is 25.4. The van der Waals surface area contributed by atoms with Crippen LogP contribution >= 0.6 is 0 Å². The third-order valence-electron chi connectivity index (χ3n) is 3.50. The molecule has 0 aliphatic carbocycles. The average molecular weight is 232 g/mol. The molecule has 1 N–H and O–H groups in total. The van der Waals surface area contributed by atoms with Gasteiger partial charge in [-0.3, -0.25) is 0 Å². The van der Waals surface area contributed by atoms with Crippen molar-refractivity contribution in [1.82, 2.24) is 9.62 Å². The van der Waals surface area contributed by atoms with Gasteiger partial charge in [0.1, 0.15) is 0 Å². The summed E-state index contributed by atoms with van der Waals surface area (Å²) in [6.07, 6.45) is 2.95. The van der Waals surface area contributed by atoms with Gasteiger partial charge in [0.25, 0.3) is 0 Å². The van der Waals surface area contributed by atoms with E-state index in [-0.39, 0.29) is 0 Å². The normalized spacial score (nSPS) is 32.9. The van der Waals surface area contributed by atoms with Crippen LogP contribution in [0.2, 0.25) is 0 Å². The lowest BCUT2D eigenvalue weighted by molar-refractivity contribution is 0.249. The number of fused-ring (bicyclic) bond motifs is 1. The van der Waals surface area contributed by atoms with E-state index in [0.717, 1.165) is 19.5 Å². The Morgan fingerprint density at radius 3 is 2.93 bits per heavy atom. The molecule has 4 nitrogen and oxygen atoms in total. The predicted molar refractivity (Wildman–Crippen MR) is 60.2 cm³/mol. The summed E-state index contributed by atoms with van der Waals surface area (Å²) in [5, 5.41) is 3.40. The standard InChI is InChI=1S/C10H20N2O2S/c1-2-7-15(13,14)12-6-4-9-3-5-11-10(9)8-12/h9-11H,2-8H2,1H3/t9-,10+/m1/s1. The Kier molecular flexibility index (Phi) is 3.33. The van der Waals surface area contributed by atoms with E-state index in [1.54, 1.807) is 4.31 Å². The molecular weight excluding hydrogens is 212 g/mol. The zero-order valence-electron chi connectivity index (χ0n) is 9.28. The fraction of sp³-hybridized carbons (Fsp3) is 1.00. The molecule has 0 aromatic rings. The van der Waals surface area contributed by atoms with Gasteiger partial charge >= 0.3 is 0 Å². The minimum Gasteiger partial charge on any atom is -0.312 e. The van der Waals surface area contributed by atoms with Gasteiger partial charge in [-0.1, -0.05) is 6.92 Å². The van der Waals surface area contributed by atoms with Crippen molar-refractivity contribution in [2.75, 3.05) is 25.4 Å².